The van der Waals surface area contributed by atoms with Crippen LogP contribution in [0.1, 0.15) is 25.1 Å². The van der Waals surface area contributed by atoms with E-state index in [4.69, 9.17) is 23.2 Å². The van der Waals surface area contributed by atoms with Crippen LogP contribution in [0.4, 0.5) is 10.2 Å². The van der Waals surface area contributed by atoms with Gasteiger partial charge >= 0.3 is 0 Å². The van der Waals surface area contributed by atoms with Crippen LogP contribution in [0.5, 0.6) is 0 Å². The van der Waals surface area contributed by atoms with Crippen molar-refractivity contribution < 1.29 is 4.39 Å². The minimum Gasteiger partial charge on any atom is -0.360 e. The molecule has 0 aliphatic rings. The number of nitrogens with one attached hydrogen (secondary N) is 2. The van der Waals surface area contributed by atoms with Crippen molar-refractivity contribution in [3.63, 3.8) is 0 Å². The average Bonchev–Trinajstić information content (AvgIpc) is 3.29. The van der Waals surface area contributed by atoms with E-state index in [1.165, 1.54) is 23.3 Å². The van der Waals surface area contributed by atoms with Gasteiger partial charge in [0, 0.05) is 10.7 Å². The van der Waals surface area contributed by atoms with E-state index in [0.29, 0.717) is 50.2 Å². The van der Waals surface area contributed by atoms with E-state index in [2.05, 4.69) is 25.3 Å². The number of fused-ring (bicyclic) bond motifs is 2. The molecule has 1 unspecified atom stereocenters. The number of nitrogens with zero attached hydrogens (tertiary/aromatic N) is 4. The fraction of sp³-hybridized carbons (Fsp3) is 0.130. The Bertz CT molecular complexity index is 1560. The van der Waals surface area contributed by atoms with Crippen LogP contribution in [-0.4, -0.2) is 24.5 Å². The number of pyridine rings is 1. The third-order valence-corrected chi connectivity index (χ3v) is 6.03. The number of hydrogen-bond acceptors (Lipinski definition) is 5. The number of hydrogen-bond donors (Lipinski definition) is 2. The molecule has 0 bridgehead atoms. The van der Waals surface area contributed by atoms with Crippen LogP contribution in [0.3, 0.4) is 0 Å². The number of halogens is 3. The van der Waals surface area contributed by atoms with Crippen LogP contribution in [0.15, 0.2) is 59.9 Å². The lowest BCUT2D eigenvalue weighted by molar-refractivity contribution is 0.635. The molecule has 5 aromatic rings. The Kier molecular flexibility index (Phi) is 5.47. The predicted octanol–water partition coefficient (Wildman–Crippen LogP) is 5.67. The zero-order valence-electron chi connectivity index (χ0n) is 17.3. The second-order valence-electron chi connectivity index (χ2n) is 7.44. The van der Waals surface area contributed by atoms with Crippen LogP contribution in [0.25, 0.3) is 27.6 Å². The Morgan fingerprint density at radius 2 is 2.00 bits per heavy atom. The normalized spacial score (nSPS) is 12.4. The van der Waals surface area contributed by atoms with Gasteiger partial charge in [-0.3, -0.25) is 9.36 Å². The van der Waals surface area contributed by atoms with Gasteiger partial charge in [0.15, 0.2) is 11.5 Å². The molecule has 2 aromatic carbocycles. The second kappa shape index (κ2) is 8.46. The quantitative estimate of drug-likeness (QED) is 0.337. The molecule has 0 saturated heterocycles. The van der Waals surface area contributed by atoms with Crippen molar-refractivity contribution in [3.8, 4) is 5.69 Å². The zero-order chi connectivity index (χ0) is 23.1. The first kappa shape index (κ1) is 21.4. The average molecular weight is 483 g/mol. The molecule has 0 fully saturated rings. The molecule has 0 aliphatic carbocycles. The van der Waals surface area contributed by atoms with E-state index in [9.17, 15) is 9.18 Å². The van der Waals surface area contributed by atoms with Gasteiger partial charge in [-0.1, -0.05) is 42.3 Å². The van der Waals surface area contributed by atoms with Crippen LogP contribution in [-0.2, 0) is 0 Å². The Morgan fingerprint density at radius 3 is 2.82 bits per heavy atom. The molecule has 0 amide bonds. The SMILES string of the molecule is CCC(Nc1ncnc2nc[nH]c12)c1cc2cccc(F)c2c(=O)n1-c1cc(Cl)ccc1Cl. The summed E-state index contributed by atoms with van der Waals surface area (Å²) in [5.74, 6) is -0.0770. The van der Waals surface area contributed by atoms with E-state index in [1.54, 1.807) is 36.4 Å². The Morgan fingerprint density at radius 1 is 1.15 bits per heavy atom. The molecule has 1 atom stereocenters. The highest BCUT2D eigenvalue weighted by Crippen LogP contribution is 2.31. The summed E-state index contributed by atoms with van der Waals surface area (Å²) in [5.41, 5.74) is 1.56. The Balaban J connectivity index is 1.78. The summed E-state index contributed by atoms with van der Waals surface area (Å²) in [6.07, 6.45) is 3.53. The molecule has 33 heavy (non-hydrogen) atoms. The van der Waals surface area contributed by atoms with Gasteiger partial charge in [0.05, 0.1) is 28.5 Å². The molecule has 5 rings (SSSR count). The topological polar surface area (TPSA) is 88.5 Å². The van der Waals surface area contributed by atoms with Gasteiger partial charge in [0.2, 0.25) is 0 Å². The molecule has 2 N–H and O–H groups in total. The first-order chi connectivity index (χ1) is 16.0. The summed E-state index contributed by atoms with van der Waals surface area (Å²) in [7, 11) is 0. The summed E-state index contributed by atoms with van der Waals surface area (Å²) in [6, 6.07) is 10.8. The summed E-state index contributed by atoms with van der Waals surface area (Å²) in [5, 5.41) is 4.55. The lowest BCUT2D eigenvalue weighted by atomic mass is 10.0. The third-order valence-electron chi connectivity index (χ3n) is 5.47. The van der Waals surface area contributed by atoms with E-state index < -0.39 is 11.4 Å². The molecule has 0 radical (unpaired) electrons. The number of aromatic amines is 1. The molecule has 3 heterocycles. The molecule has 0 saturated carbocycles. The minimum atomic E-state index is -0.605. The summed E-state index contributed by atoms with van der Waals surface area (Å²) in [6.45, 7) is 1.97. The van der Waals surface area contributed by atoms with Gasteiger partial charge in [0.1, 0.15) is 17.7 Å². The first-order valence-electron chi connectivity index (χ1n) is 10.2. The zero-order valence-corrected chi connectivity index (χ0v) is 18.8. The predicted molar refractivity (Wildman–Crippen MR) is 128 cm³/mol. The van der Waals surface area contributed by atoms with Crippen LogP contribution in [0.2, 0.25) is 10.0 Å². The Hall–Kier alpha value is -3.49. The van der Waals surface area contributed by atoms with Crippen molar-refractivity contribution in [1.82, 2.24) is 24.5 Å². The van der Waals surface area contributed by atoms with Crippen molar-refractivity contribution in [2.45, 2.75) is 19.4 Å². The highest BCUT2D eigenvalue weighted by molar-refractivity contribution is 6.34. The van der Waals surface area contributed by atoms with E-state index in [-0.39, 0.29) is 11.4 Å². The largest absolute Gasteiger partial charge is 0.360 e. The van der Waals surface area contributed by atoms with E-state index >= 15 is 0 Å². The summed E-state index contributed by atoms with van der Waals surface area (Å²) in [4.78, 5) is 29.3. The van der Waals surface area contributed by atoms with Crippen molar-refractivity contribution in [1.29, 1.82) is 0 Å². The summed E-state index contributed by atoms with van der Waals surface area (Å²) < 4.78 is 16.1. The second-order valence-corrected chi connectivity index (χ2v) is 8.28. The van der Waals surface area contributed by atoms with Gasteiger partial charge in [0.25, 0.3) is 5.56 Å². The molecular formula is C23H17Cl2FN6O. The fourth-order valence-electron chi connectivity index (χ4n) is 3.93. The van der Waals surface area contributed by atoms with Crippen molar-refractivity contribution in [2.24, 2.45) is 0 Å². The molecular weight excluding hydrogens is 466 g/mol. The van der Waals surface area contributed by atoms with Crippen molar-refractivity contribution >= 4 is 51.0 Å². The van der Waals surface area contributed by atoms with E-state index in [1.807, 2.05) is 6.92 Å². The molecule has 166 valence electrons. The smallest absolute Gasteiger partial charge is 0.266 e. The molecule has 0 spiro atoms. The fourth-order valence-corrected chi connectivity index (χ4v) is 4.29. The number of imidazole rings is 1. The number of benzene rings is 2. The number of H-pyrrole nitrogens is 1. The maximum Gasteiger partial charge on any atom is 0.266 e. The minimum absolute atomic E-state index is 0.0230. The standard InChI is InChI=1S/C23H17Cl2FN6O/c1-2-16(31-22-20-21(28-10-27-20)29-11-30-22)18-8-12-4-3-5-15(26)19(12)23(33)32(18)17-9-13(24)6-7-14(17)25/h3-11,16H,2H2,1H3,(H2,27,28,29,30,31). The number of anilines is 1. The van der Waals surface area contributed by atoms with Crippen LogP contribution in [0, 0.1) is 5.82 Å². The highest BCUT2D eigenvalue weighted by atomic mass is 35.5. The van der Waals surface area contributed by atoms with Gasteiger partial charge in [-0.15, -0.1) is 0 Å². The lowest BCUT2D eigenvalue weighted by Gasteiger charge is -2.24. The van der Waals surface area contributed by atoms with Gasteiger partial charge in [-0.05, 0) is 42.1 Å². The number of aromatic nitrogens is 5. The van der Waals surface area contributed by atoms with Crippen molar-refractivity contribution in [3.05, 3.63) is 87.0 Å². The maximum atomic E-state index is 14.7. The monoisotopic (exact) mass is 482 g/mol. The molecule has 3 aromatic heterocycles. The molecule has 0 aliphatic heterocycles. The summed E-state index contributed by atoms with van der Waals surface area (Å²) >= 11 is 12.7. The third kappa shape index (κ3) is 3.71. The Labute approximate surface area is 197 Å². The van der Waals surface area contributed by atoms with Crippen LogP contribution >= 0.6 is 23.2 Å². The lowest BCUT2D eigenvalue weighted by Crippen LogP contribution is -2.27. The maximum absolute atomic E-state index is 14.7. The molecule has 10 heteroatoms. The highest BCUT2D eigenvalue weighted by Gasteiger charge is 2.22. The van der Waals surface area contributed by atoms with Crippen LogP contribution < -0.4 is 10.9 Å². The molecule has 7 nitrogen and oxygen atoms in total. The van der Waals surface area contributed by atoms with Gasteiger partial charge < -0.3 is 10.3 Å². The number of rotatable bonds is 5. The van der Waals surface area contributed by atoms with E-state index in [0.717, 1.165) is 0 Å². The van der Waals surface area contributed by atoms with Gasteiger partial charge in [-0.2, -0.15) is 0 Å². The first-order valence-corrected chi connectivity index (χ1v) is 10.9. The van der Waals surface area contributed by atoms with Crippen molar-refractivity contribution in [2.75, 3.05) is 5.32 Å². The van der Waals surface area contributed by atoms with Gasteiger partial charge in [-0.25, -0.2) is 19.3 Å².